The molecule has 2 rings (SSSR count). The summed E-state index contributed by atoms with van der Waals surface area (Å²) in [5.41, 5.74) is -0.613. The van der Waals surface area contributed by atoms with Gasteiger partial charge in [0.2, 0.25) is 0 Å². The predicted molar refractivity (Wildman–Crippen MR) is 84.9 cm³/mol. The molecule has 2 bridgehead atoms. The summed E-state index contributed by atoms with van der Waals surface area (Å²) in [7, 11) is 0. The number of ether oxygens (including phenoxy) is 1. The average molecular weight is 310 g/mol. The van der Waals surface area contributed by atoms with Crippen LogP contribution in [0, 0.1) is 28.1 Å². The number of esters is 1. The van der Waals surface area contributed by atoms with Crippen LogP contribution in [-0.4, -0.2) is 17.3 Å². The number of rotatable bonds is 5. The van der Waals surface area contributed by atoms with Crippen LogP contribution in [0.25, 0.3) is 0 Å². The van der Waals surface area contributed by atoms with E-state index in [4.69, 9.17) is 9.99 Å². The van der Waals surface area contributed by atoms with Gasteiger partial charge in [-0.3, -0.25) is 4.79 Å². The molecule has 0 saturated heterocycles. The van der Waals surface area contributed by atoms with E-state index < -0.39 is 5.41 Å². The second kappa shape index (κ2) is 5.26. The number of hydrogen-bond acceptors (Lipinski definition) is 4. The molecule has 0 spiro atoms. The Morgan fingerprint density at radius 3 is 2.45 bits per heavy atom. The van der Waals surface area contributed by atoms with Crippen LogP contribution in [0.5, 0.6) is 0 Å². The number of carbonyl (C=O) groups is 1. The average Bonchev–Trinajstić information content (AvgIpc) is 2.78. The molecule has 0 aromatic carbocycles. The fourth-order valence-corrected chi connectivity index (χ4v) is 4.38. The van der Waals surface area contributed by atoms with E-state index in [1.807, 2.05) is 20.8 Å². The SMILES string of the molecule is C=C(OO)C1C2CCC(C)(C1OC(=O)C(C)(C)CC)C2(C)C. The lowest BCUT2D eigenvalue weighted by atomic mass is 9.70. The Balaban J connectivity index is 2.35. The van der Waals surface area contributed by atoms with Crippen molar-refractivity contribution < 1.29 is 19.7 Å². The molecule has 2 fully saturated rings. The molecule has 4 unspecified atom stereocenters. The quantitative estimate of drug-likeness (QED) is 0.354. The summed E-state index contributed by atoms with van der Waals surface area (Å²) < 4.78 is 5.98. The lowest BCUT2D eigenvalue weighted by molar-refractivity contribution is -0.221. The summed E-state index contributed by atoms with van der Waals surface area (Å²) in [5, 5.41) is 9.10. The van der Waals surface area contributed by atoms with E-state index in [-0.39, 0.29) is 28.8 Å². The van der Waals surface area contributed by atoms with Crippen molar-refractivity contribution in [2.45, 2.75) is 66.9 Å². The van der Waals surface area contributed by atoms with Crippen molar-refractivity contribution in [1.29, 1.82) is 0 Å². The molecule has 4 atom stereocenters. The Kier molecular flexibility index (Phi) is 4.14. The number of carbonyl (C=O) groups excluding carboxylic acids is 1. The van der Waals surface area contributed by atoms with Crippen LogP contribution in [0.4, 0.5) is 0 Å². The molecule has 22 heavy (non-hydrogen) atoms. The van der Waals surface area contributed by atoms with Gasteiger partial charge in [-0.2, -0.15) is 0 Å². The van der Waals surface area contributed by atoms with Gasteiger partial charge in [0.25, 0.3) is 0 Å². The number of fused-ring (bicyclic) bond motifs is 2. The van der Waals surface area contributed by atoms with Crippen molar-refractivity contribution in [3.63, 3.8) is 0 Å². The lowest BCUT2D eigenvalue weighted by Gasteiger charge is -2.40. The molecular weight excluding hydrogens is 280 g/mol. The van der Waals surface area contributed by atoms with E-state index in [0.717, 1.165) is 19.3 Å². The number of hydrogen-bond donors (Lipinski definition) is 1. The molecule has 0 aliphatic heterocycles. The molecule has 0 radical (unpaired) electrons. The lowest BCUT2D eigenvalue weighted by Crippen LogP contribution is -2.43. The van der Waals surface area contributed by atoms with Gasteiger partial charge < -0.3 is 9.62 Å². The molecule has 0 aromatic heterocycles. The highest BCUT2D eigenvalue weighted by Gasteiger charge is 2.69. The molecule has 0 heterocycles. The Labute approximate surface area is 133 Å². The van der Waals surface area contributed by atoms with E-state index in [0.29, 0.717) is 11.7 Å². The Hall–Kier alpha value is -1.03. The monoisotopic (exact) mass is 310 g/mol. The van der Waals surface area contributed by atoms with Crippen molar-refractivity contribution in [2.75, 3.05) is 0 Å². The summed E-state index contributed by atoms with van der Waals surface area (Å²) in [6, 6.07) is 0. The zero-order valence-corrected chi connectivity index (χ0v) is 14.7. The highest BCUT2D eigenvalue weighted by atomic mass is 17.1. The largest absolute Gasteiger partial charge is 0.461 e. The van der Waals surface area contributed by atoms with Gasteiger partial charge >= 0.3 is 5.97 Å². The molecule has 2 saturated carbocycles. The van der Waals surface area contributed by atoms with Crippen LogP contribution in [0.3, 0.4) is 0 Å². The summed E-state index contributed by atoms with van der Waals surface area (Å²) in [6.07, 6.45) is 2.50. The Morgan fingerprint density at radius 1 is 1.36 bits per heavy atom. The first-order valence-corrected chi connectivity index (χ1v) is 8.24. The molecule has 2 aliphatic carbocycles. The van der Waals surface area contributed by atoms with Gasteiger partial charge in [-0.1, -0.05) is 34.3 Å². The van der Waals surface area contributed by atoms with Crippen LogP contribution in [0.1, 0.15) is 60.8 Å². The highest BCUT2D eigenvalue weighted by Crippen LogP contribution is 2.69. The fourth-order valence-electron chi connectivity index (χ4n) is 4.38. The van der Waals surface area contributed by atoms with E-state index in [1.54, 1.807) is 0 Å². The fraction of sp³-hybridized carbons (Fsp3) is 0.833. The van der Waals surface area contributed by atoms with Gasteiger partial charge in [-0.25, -0.2) is 5.26 Å². The zero-order valence-electron chi connectivity index (χ0n) is 14.7. The molecular formula is C18H30O4. The normalized spacial score (nSPS) is 36.2. The van der Waals surface area contributed by atoms with Crippen molar-refractivity contribution in [2.24, 2.45) is 28.1 Å². The second-order valence-corrected chi connectivity index (χ2v) is 8.43. The van der Waals surface area contributed by atoms with Crippen molar-refractivity contribution in [3.05, 3.63) is 12.3 Å². The first-order valence-electron chi connectivity index (χ1n) is 8.24. The third-order valence-corrected chi connectivity index (χ3v) is 6.92. The van der Waals surface area contributed by atoms with Gasteiger partial charge in [-0.05, 0) is 44.4 Å². The van der Waals surface area contributed by atoms with E-state index in [9.17, 15) is 4.79 Å². The summed E-state index contributed by atoms with van der Waals surface area (Å²) in [4.78, 5) is 17.0. The smallest absolute Gasteiger partial charge is 0.311 e. The second-order valence-electron chi connectivity index (χ2n) is 8.43. The molecule has 0 aromatic rings. The van der Waals surface area contributed by atoms with E-state index in [2.05, 4.69) is 32.2 Å². The predicted octanol–water partition coefficient (Wildman–Crippen LogP) is 4.41. The summed E-state index contributed by atoms with van der Waals surface area (Å²) in [6.45, 7) is 16.3. The minimum absolute atomic E-state index is 0.0143. The standard InChI is InChI=1S/C18H30O4/c1-8-16(3,4)15(19)21-14-13(11(2)22-20)12-9-10-18(14,7)17(12,5)6/h12-14,20H,2,8-10H2,1,3-7H3. The van der Waals surface area contributed by atoms with Crippen LogP contribution in [0.2, 0.25) is 0 Å². The maximum absolute atomic E-state index is 12.6. The van der Waals surface area contributed by atoms with Crippen LogP contribution in [0.15, 0.2) is 12.3 Å². The highest BCUT2D eigenvalue weighted by molar-refractivity contribution is 5.76. The van der Waals surface area contributed by atoms with Crippen molar-refractivity contribution in [1.82, 2.24) is 0 Å². The van der Waals surface area contributed by atoms with Gasteiger partial charge in [-0.15, -0.1) is 0 Å². The summed E-state index contributed by atoms with van der Waals surface area (Å²) in [5.74, 6) is 0.295. The molecule has 126 valence electrons. The van der Waals surface area contributed by atoms with Gasteiger partial charge in [0.05, 0.1) is 11.3 Å². The third-order valence-electron chi connectivity index (χ3n) is 6.92. The van der Waals surface area contributed by atoms with Gasteiger partial charge in [0, 0.05) is 5.41 Å². The molecule has 0 amide bonds. The van der Waals surface area contributed by atoms with Crippen LogP contribution >= 0.6 is 0 Å². The minimum Gasteiger partial charge on any atom is -0.461 e. The van der Waals surface area contributed by atoms with Gasteiger partial charge in [0.15, 0.2) is 0 Å². The van der Waals surface area contributed by atoms with Crippen molar-refractivity contribution >= 4 is 5.97 Å². The van der Waals surface area contributed by atoms with Crippen LogP contribution in [-0.2, 0) is 14.4 Å². The minimum atomic E-state index is -0.506. The summed E-state index contributed by atoms with van der Waals surface area (Å²) >= 11 is 0. The molecule has 1 N–H and O–H groups in total. The topological polar surface area (TPSA) is 55.8 Å². The molecule has 2 aliphatic rings. The maximum Gasteiger partial charge on any atom is 0.311 e. The molecule has 4 nitrogen and oxygen atoms in total. The third kappa shape index (κ3) is 2.18. The zero-order chi connectivity index (χ0) is 16.9. The van der Waals surface area contributed by atoms with Gasteiger partial charge in [0.1, 0.15) is 11.9 Å². The van der Waals surface area contributed by atoms with E-state index in [1.165, 1.54) is 0 Å². The first kappa shape index (κ1) is 17.3. The van der Waals surface area contributed by atoms with Crippen molar-refractivity contribution in [3.8, 4) is 0 Å². The Morgan fingerprint density at radius 2 is 1.95 bits per heavy atom. The van der Waals surface area contributed by atoms with E-state index >= 15 is 0 Å². The molecule has 4 heteroatoms. The maximum atomic E-state index is 12.6. The Bertz CT molecular complexity index is 479. The van der Waals surface area contributed by atoms with Crippen LogP contribution < -0.4 is 0 Å². The first-order chi connectivity index (χ1) is 10.0.